The van der Waals surface area contributed by atoms with Crippen molar-refractivity contribution in [3.05, 3.63) is 10.3 Å². The maximum absolute atomic E-state index is 11.7. The zero-order valence-corrected chi connectivity index (χ0v) is 12.9. The van der Waals surface area contributed by atoms with Crippen LogP contribution >= 0.6 is 23.7 Å². The molecule has 2 aliphatic rings. The van der Waals surface area contributed by atoms with E-state index in [2.05, 4.69) is 0 Å². The summed E-state index contributed by atoms with van der Waals surface area (Å²) in [6.45, 7) is 7.02. The zero-order chi connectivity index (χ0) is 14.4. The molecule has 2 saturated heterocycles. The minimum atomic E-state index is -0.664. The predicted molar refractivity (Wildman–Crippen MR) is 74.9 cm³/mol. The highest BCUT2D eigenvalue weighted by molar-refractivity contribution is 8.24. The fraction of sp³-hybridized carbons (Fsp3) is 0.667. The Labute approximate surface area is 120 Å². The number of thioether (sulfide) groups is 1. The van der Waals surface area contributed by atoms with Crippen LogP contribution in [0, 0.1) is 5.92 Å². The first-order chi connectivity index (χ1) is 8.69. The van der Waals surface area contributed by atoms with E-state index in [0.29, 0.717) is 0 Å². The fourth-order valence-corrected chi connectivity index (χ4v) is 4.69. The molecular formula is C12H17NO4S2. The largest absolute Gasteiger partial charge is 0.457 e. The topological polar surface area (TPSA) is 66.8 Å². The molecule has 0 aromatic carbocycles. The maximum atomic E-state index is 11.7. The van der Waals surface area contributed by atoms with E-state index in [9.17, 15) is 14.7 Å². The van der Waals surface area contributed by atoms with E-state index in [0.717, 1.165) is 4.24 Å². The van der Waals surface area contributed by atoms with E-state index in [-0.39, 0.29) is 17.2 Å². The van der Waals surface area contributed by atoms with Crippen molar-refractivity contribution in [2.24, 2.45) is 5.92 Å². The number of β-lactam (4-membered cyclic amide) rings is 1. The molecular weight excluding hydrogens is 286 g/mol. The number of aliphatic hydroxyl groups excluding tert-OH is 1. The highest BCUT2D eigenvalue weighted by Crippen LogP contribution is 2.55. The number of nitrogens with zero attached hydrogens (tertiary/aromatic N) is 1. The van der Waals surface area contributed by atoms with E-state index in [4.69, 9.17) is 4.74 Å². The van der Waals surface area contributed by atoms with Crippen molar-refractivity contribution in [1.29, 1.82) is 0 Å². The molecule has 0 radical (unpaired) electrons. The van der Waals surface area contributed by atoms with Gasteiger partial charge >= 0.3 is 5.97 Å². The highest BCUT2D eigenvalue weighted by atomic mass is 32.2. The number of hydrogen-bond donors (Lipinski definition) is 1. The summed E-state index contributed by atoms with van der Waals surface area (Å²) in [4.78, 5) is 23.4. The van der Waals surface area contributed by atoms with Gasteiger partial charge in [-0.2, -0.15) is 0 Å². The first-order valence-corrected chi connectivity index (χ1v) is 7.65. The van der Waals surface area contributed by atoms with E-state index in [1.165, 1.54) is 29.8 Å². The summed E-state index contributed by atoms with van der Waals surface area (Å²) in [5.41, 5.74) is -0.528. The lowest BCUT2D eigenvalue weighted by molar-refractivity contribution is -0.148. The number of ether oxygens (including phenoxy) is 1. The van der Waals surface area contributed by atoms with E-state index in [1.807, 2.05) is 0 Å². The quantitative estimate of drug-likeness (QED) is 0.363. The number of carbonyl (C=O) groups excluding carboxylic acids is 2. The third-order valence-corrected chi connectivity index (χ3v) is 5.27. The summed E-state index contributed by atoms with van der Waals surface area (Å²) in [7, 11) is 0. The summed E-state index contributed by atoms with van der Waals surface area (Å²) < 4.78 is 7.52. The Bertz CT molecular complexity index is 442. The van der Waals surface area contributed by atoms with Crippen molar-refractivity contribution in [3.63, 3.8) is 0 Å². The van der Waals surface area contributed by atoms with Crippen LogP contribution in [-0.4, -0.2) is 38.4 Å². The molecule has 0 aliphatic carbocycles. The summed E-state index contributed by atoms with van der Waals surface area (Å²) >= 11 is 2.66. The van der Waals surface area contributed by atoms with Gasteiger partial charge in [0.25, 0.3) is 0 Å². The van der Waals surface area contributed by atoms with E-state index < -0.39 is 17.7 Å². The molecule has 0 aromatic heterocycles. The molecule has 2 aliphatic heterocycles. The molecule has 7 heteroatoms. The van der Waals surface area contributed by atoms with E-state index >= 15 is 0 Å². The van der Waals surface area contributed by atoms with Crippen molar-refractivity contribution >= 4 is 35.6 Å². The summed E-state index contributed by atoms with van der Waals surface area (Å²) in [5.74, 6) is -0.863. The van der Waals surface area contributed by atoms with Crippen LogP contribution in [0.4, 0.5) is 0 Å². The van der Waals surface area contributed by atoms with Crippen LogP contribution in [0.1, 0.15) is 27.7 Å². The second-order valence-electron chi connectivity index (χ2n) is 5.53. The summed E-state index contributed by atoms with van der Waals surface area (Å²) in [6.07, 6.45) is 0.744. The SMILES string of the molecule is C[C@@H](O)[C@H]1C(=O)N2S/C(=C\C(=O)OC(C)(C)C)S[C@H]12. The molecule has 1 N–H and O–H groups in total. The molecule has 0 saturated carbocycles. The Morgan fingerprint density at radius 1 is 1.53 bits per heavy atom. The normalized spacial score (nSPS) is 30.1. The Hall–Kier alpha value is -0.660. The van der Waals surface area contributed by atoms with Gasteiger partial charge in [0.05, 0.1) is 16.3 Å². The fourth-order valence-electron chi connectivity index (χ4n) is 1.85. The second kappa shape index (κ2) is 5.03. The lowest BCUT2D eigenvalue weighted by Gasteiger charge is -2.41. The summed E-state index contributed by atoms with van der Waals surface area (Å²) in [6, 6.07) is 0. The molecule has 1 amide bonds. The molecule has 19 heavy (non-hydrogen) atoms. The van der Waals surface area contributed by atoms with Crippen molar-refractivity contribution in [2.75, 3.05) is 0 Å². The molecule has 0 bridgehead atoms. The monoisotopic (exact) mass is 303 g/mol. The molecule has 106 valence electrons. The van der Waals surface area contributed by atoms with Crippen molar-refractivity contribution in [1.82, 2.24) is 4.31 Å². The average molecular weight is 303 g/mol. The van der Waals surface area contributed by atoms with Crippen molar-refractivity contribution < 1.29 is 19.4 Å². The van der Waals surface area contributed by atoms with Crippen molar-refractivity contribution in [2.45, 2.75) is 44.8 Å². The van der Waals surface area contributed by atoms with Gasteiger partial charge in [-0.25, -0.2) is 4.79 Å². The number of carbonyl (C=O) groups is 2. The first-order valence-electron chi connectivity index (χ1n) is 5.99. The summed E-state index contributed by atoms with van der Waals surface area (Å²) in [5, 5.41) is 9.45. The van der Waals surface area contributed by atoms with Crippen LogP contribution < -0.4 is 0 Å². The molecule has 0 aromatic rings. The number of esters is 1. The number of fused-ring (bicyclic) bond motifs is 1. The maximum Gasteiger partial charge on any atom is 0.333 e. The third-order valence-electron chi connectivity index (χ3n) is 2.63. The molecule has 3 atom stereocenters. The number of rotatable bonds is 2. The van der Waals surface area contributed by atoms with Crippen LogP contribution in [-0.2, 0) is 14.3 Å². The lowest BCUT2D eigenvalue weighted by Crippen LogP contribution is -2.57. The van der Waals surface area contributed by atoms with Gasteiger partial charge in [-0.1, -0.05) is 11.8 Å². The molecule has 0 unspecified atom stereocenters. The minimum Gasteiger partial charge on any atom is -0.457 e. The first kappa shape index (κ1) is 14.7. The molecule has 5 nitrogen and oxygen atoms in total. The van der Waals surface area contributed by atoms with Crippen LogP contribution in [0.15, 0.2) is 10.3 Å². The minimum absolute atomic E-state index is 0.0776. The van der Waals surface area contributed by atoms with Crippen LogP contribution in [0.5, 0.6) is 0 Å². The standard InChI is InChI=1S/C12H17NO4S2/c1-6(14)9-10(16)13-11(9)18-8(19-13)5-7(15)17-12(2,3)4/h5-6,9,11,14H,1-4H3/b8-5-/t6-,9+,11-/m1/s1. The van der Waals surface area contributed by atoms with Gasteiger partial charge in [0.2, 0.25) is 5.91 Å². The smallest absolute Gasteiger partial charge is 0.333 e. The van der Waals surface area contributed by atoms with Gasteiger partial charge in [0.15, 0.2) is 0 Å². The van der Waals surface area contributed by atoms with Gasteiger partial charge in [0, 0.05) is 6.08 Å². The highest BCUT2D eigenvalue weighted by Gasteiger charge is 2.55. The Morgan fingerprint density at radius 3 is 2.68 bits per heavy atom. The molecule has 0 spiro atoms. The second-order valence-corrected chi connectivity index (χ2v) is 7.96. The van der Waals surface area contributed by atoms with Gasteiger partial charge in [-0.05, 0) is 39.6 Å². The Balaban J connectivity index is 1.99. The Morgan fingerprint density at radius 2 is 2.16 bits per heavy atom. The number of aliphatic hydroxyl groups is 1. The van der Waals surface area contributed by atoms with Crippen LogP contribution in [0.3, 0.4) is 0 Å². The number of hydrogen-bond acceptors (Lipinski definition) is 6. The van der Waals surface area contributed by atoms with Crippen LogP contribution in [0.25, 0.3) is 0 Å². The van der Waals surface area contributed by atoms with Gasteiger partial charge in [-0.3, -0.25) is 9.10 Å². The predicted octanol–water partition coefficient (Wildman–Crippen LogP) is 1.73. The molecule has 2 heterocycles. The van der Waals surface area contributed by atoms with Gasteiger partial charge in [0.1, 0.15) is 11.0 Å². The van der Waals surface area contributed by atoms with Crippen LogP contribution in [0.2, 0.25) is 0 Å². The zero-order valence-electron chi connectivity index (χ0n) is 11.2. The lowest BCUT2D eigenvalue weighted by atomic mass is 9.96. The van der Waals surface area contributed by atoms with Gasteiger partial charge in [-0.15, -0.1) is 0 Å². The molecule has 2 rings (SSSR count). The number of amides is 1. The van der Waals surface area contributed by atoms with E-state index in [1.54, 1.807) is 32.0 Å². The van der Waals surface area contributed by atoms with Crippen molar-refractivity contribution in [3.8, 4) is 0 Å². The average Bonchev–Trinajstić information content (AvgIpc) is 2.53. The third kappa shape index (κ3) is 3.09. The Kier molecular flexibility index (Phi) is 3.90. The molecule has 2 fully saturated rings. The van der Waals surface area contributed by atoms with Gasteiger partial charge < -0.3 is 9.84 Å².